The van der Waals surface area contributed by atoms with E-state index in [1.165, 1.54) is 12.1 Å². The molecule has 1 fully saturated rings. The van der Waals surface area contributed by atoms with Crippen LogP contribution in [0.5, 0.6) is 11.5 Å². The maximum Gasteiger partial charge on any atom is 0.416 e. The molecule has 34 heavy (non-hydrogen) atoms. The predicted octanol–water partition coefficient (Wildman–Crippen LogP) is 4.32. The third kappa shape index (κ3) is 5.00. The summed E-state index contributed by atoms with van der Waals surface area (Å²) in [5.74, 6) is -0.876. The van der Waals surface area contributed by atoms with E-state index in [0.29, 0.717) is 12.8 Å². The summed E-state index contributed by atoms with van der Waals surface area (Å²) in [5.41, 5.74) is -1.61. The van der Waals surface area contributed by atoms with Crippen LogP contribution in [0.2, 0.25) is 5.02 Å². The first-order chi connectivity index (χ1) is 16.0. The molecule has 0 bridgehead atoms. The quantitative estimate of drug-likeness (QED) is 0.327. The van der Waals surface area contributed by atoms with E-state index in [0.717, 1.165) is 24.3 Å². The van der Waals surface area contributed by atoms with Crippen LogP contribution in [0, 0.1) is 5.92 Å². The lowest BCUT2D eigenvalue weighted by molar-refractivity contribution is -0.150. The first kappa shape index (κ1) is 24.3. The lowest BCUT2D eigenvalue weighted by Crippen LogP contribution is -2.39. The second-order valence-electron chi connectivity index (χ2n) is 7.94. The Bertz CT molecular complexity index is 1250. The summed E-state index contributed by atoms with van der Waals surface area (Å²) in [6, 6.07) is 6.36. The van der Waals surface area contributed by atoms with E-state index in [-0.39, 0.29) is 64.1 Å². The number of aliphatic hydroxyl groups excluding tert-OH is 1. The molecule has 2 aromatic carbocycles. The van der Waals surface area contributed by atoms with E-state index in [4.69, 9.17) is 35.7 Å². The fourth-order valence-electron chi connectivity index (χ4n) is 3.72. The van der Waals surface area contributed by atoms with Gasteiger partial charge >= 0.3 is 6.18 Å². The smallest absolute Gasteiger partial charge is 0.416 e. The Balaban J connectivity index is 1.60. The monoisotopic (exact) mass is 500 g/mol. The first-order valence-electron chi connectivity index (χ1n) is 10.3. The second kappa shape index (κ2) is 9.46. The van der Waals surface area contributed by atoms with Gasteiger partial charge in [-0.2, -0.15) is 13.2 Å². The van der Waals surface area contributed by atoms with Crippen molar-refractivity contribution in [3.8, 4) is 22.8 Å². The number of phenolic OH excluding ortho intramolecular Hbond substituents is 1. The van der Waals surface area contributed by atoms with Crippen molar-refractivity contribution in [2.45, 2.75) is 31.4 Å². The maximum absolute atomic E-state index is 13.3. The Labute approximate surface area is 195 Å². The zero-order valence-corrected chi connectivity index (χ0v) is 18.3. The zero-order valence-electron chi connectivity index (χ0n) is 17.5. The van der Waals surface area contributed by atoms with Crippen LogP contribution < -0.4 is 10.2 Å². The van der Waals surface area contributed by atoms with Crippen molar-refractivity contribution in [2.24, 2.45) is 5.92 Å². The van der Waals surface area contributed by atoms with Gasteiger partial charge in [0.15, 0.2) is 17.3 Å². The molecular formula is C23H20ClF3O7. The molecule has 1 aromatic heterocycles. The summed E-state index contributed by atoms with van der Waals surface area (Å²) in [6.45, 7) is -0.0491. The fraction of sp³-hybridized carbons (Fsp3) is 0.348. The third-order valence-electron chi connectivity index (χ3n) is 5.63. The van der Waals surface area contributed by atoms with Gasteiger partial charge < -0.3 is 29.2 Å². The van der Waals surface area contributed by atoms with E-state index < -0.39 is 23.5 Å². The molecule has 1 aliphatic rings. The van der Waals surface area contributed by atoms with Crippen LogP contribution >= 0.6 is 11.6 Å². The van der Waals surface area contributed by atoms with Gasteiger partial charge in [-0.1, -0.05) is 11.6 Å². The number of benzene rings is 2. The Kier molecular flexibility index (Phi) is 6.77. The molecular weight excluding hydrogens is 481 g/mol. The SMILES string of the molecule is O=c1cc(-c2ccc(C(F)(F)F)cc2OCCOC2CC(C(O)O)C2)oc2c(Cl)ccc(O)c12. The molecule has 1 heterocycles. The number of hydrogen-bond donors (Lipinski definition) is 3. The number of hydrogen-bond acceptors (Lipinski definition) is 7. The van der Waals surface area contributed by atoms with Gasteiger partial charge in [0.2, 0.25) is 0 Å². The molecule has 3 N–H and O–H groups in total. The van der Waals surface area contributed by atoms with Gasteiger partial charge in [-0.15, -0.1) is 0 Å². The van der Waals surface area contributed by atoms with Crippen LogP contribution in [0.1, 0.15) is 18.4 Å². The molecule has 1 saturated carbocycles. The van der Waals surface area contributed by atoms with Crippen LogP contribution in [0.3, 0.4) is 0 Å². The summed E-state index contributed by atoms with van der Waals surface area (Å²) in [6.07, 6.45) is -5.30. The Morgan fingerprint density at radius 1 is 1.12 bits per heavy atom. The highest BCUT2D eigenvalue weighted by molar-refractivity contribution is 6.35. The Hall–Kier alpha value is -2.79. The number of aliphatic hydroxyl groups is 2. The van der Waals surface area contributed by atoms with Crippen molar-refractivity contribution in [1.29, 1.82) is 0 Å². The summed E-state index contributed by atoms with van der Waals surface area (Å²) >= 11 is 6.09. The van der Waals surface area contributed by atoms with E-state index in [2.05, 4.69) is 0 Å². The third-order valence-corrected chi connectivity index (χ3v) is 5.93. The number of ether oxygens (including phenoxy) is 2. The normalized spacial score (nSPS) is 18.3. The van der Waals surface area contributed by atoms with Crippen LogP contribution in [0.4, 0.5) is 13.2 Å². The first-order valence-corrected chi connectivity index (χ1v) is 10.7. The van der Waals surface area contributed by atoms with Crippen molar-refractivity contribution in [2.75, 3.05) is 13.2 Å². The lowest BCUT2D eigenvalue weighted by atomic mass is 9.82. The summed E-state index contributed by atoms with van der Waals surface area (Å²) in [4.78, 5) is 12.6. The van der Waals surface area contributed by atoms with Gasteiger partial charge in [0.05, 0.1) is 28.9 Å². The average Bonchev–Trinajstić information content (AvgIpc) is 2.73. The minimum atomic E-state index is -4.63. The van der Waals surface area contributed by atoms with Gasteiger partial charge in [-0.05, 0) is 43.2 Å². The van der Waals surface area contributed by atoms with Gasteiger partial charge in [-0.3, -0.25) is 4.79 Å². The summed E-state index contributed by atoms with van der Waals surface area (Å²) in [7, 11) is 0. The molecule has 1 aliphatic carbocycles. The van der Waals surface area contributed by atoms with Gasteiger partial charge in [0.1, 0.15) is 29.3 Å². The highest BCUT2D eigenvalue weighted by atomic mass is 35.5. The fourth-order valence-corrected chi connectivity index (χ4v) is 3.92. The highest BCUT2D eigenvalue weighted by Crippen LogP contribution is 2.39. The van der Waals surface area contributed by atoms with E-state index >= 15 is 0 Å². The van der Waals surface area contributed by atoms with E-state index in [1.54, 1.807) is 0 Å². The molecule has 0 atom stereocenters. The molecule has 11 heteroatoms. The van der Waals surface area contributed by atoms with Gasteiger partial charge in [0, 0.05) is 12.0 Å². The standard InChI is InChI=1S/C23H20ClF3O7/c24-15-3-4-16(28)20-17(29)10-19(34-21(15)20)14-2-1-12(23(25,26)27)9-18(14)33-6-5-32-13-7-11(8-13)22(30)31/h1-4,9-11,13,22,28,30-31H,5-8H2. The maximum atomic E-state index is 13.3. The van der Waals surface area contributed by atoms with Crippen molar-refractivity contribution in [1.82, 2.24) is 0 Å². The topological polar surface area (TPSA) is 109 Å². The zero-order chi connectivity index (χ0) is 24.6. The molecule has 0 radical (unpaired) electrons. The van der Waals surface area contributed by atoms with Crippen molar-refractivity contribution in [3.05, 3.63) is 57.2 Å². The predicted molar refractivity (Wildman–Crippen MR) is 116 cm³/mol. The van der Waals surface area contributed by atoms with Crippen LogP contribution in [0.25, 0.3) is 22.3 Å². The molecule has 7 nitrogen and oxygen atoms in total. The number of rotatable bonds is 7. The van der Waals surface area contributed by atoms with Crippen molar-refractivity contribution >= 4 is 22.6 Å². The minimum absolute atomic E-state index is 0.0429. The van der Waals surface area contributed by atoms with Gasteiger partial charge in [0.25, 0.3) is 0 Å². The Morgan fingerprint density at radius 3 is 2.53 bits per heavy atom. The molecule has 0 unspecified atom stereocenters. The number of aromatic hydroxyl groups is 1. The largest absolute Gasteiger partial charge is 0.507 e. The Morgan fingerprint density at radius 2 is 1.85 bits per heavy atom. The lowest BCUT2D eigenvalue weighted by Gasteiger charge is -2.35. The van der Waals surface area contributed by atoms with E-state index in [1.807, 2.05) is 0 Å². The summed E-state index contributed by atoms with van der Waals surface area (Å²) < 4.78 is 56.6. The van der Waals surface area contributed by atoms with Crippen molar-refractivity contribution in [3.63, 3.8) is 0 Å². The molecule has 4 rings (SSSR count). The average molecular weight is 501 g/mol. The van der Waals surface area contributed by atoms with Crippen LogP contribution in [-0.2, 0) is 10.9 Å². The van der Waals surface area contributed by atoms with Crippen LogP contribution in [-0.4, -0.2) is 40.9 Å². The number of alkyl halides is 3. The minimum Gasteiger partial charge on any atom is -0.507 e. The highest BCUT2D eigenvalue weighted by Gasteiger charge is 2.34. The molecule has 0 spiro atoms. The molecule has 0 saturated heterocycles. The van der Waals surface area contributed by atoms with Gasteiger partial charge in [-0.25, -0.2) is 0 Å². The molecule has 3 aromatic rings. The number of halogens is 4. The van der Waals surface area contributed by atoms with Crippen LogP contribution in [0.15, 0.2) is 45.6 Å². The second-order valence-corrected chi connectivity index (χ2v) is 8.35. The summed E-state index contributed by atoms with van der Waals surface area (Å²) in [5, 5.41) is 28.0. The molecule has 182 valence electrons. The van der Waals surface area contributed by atoms with E-state index in [9.17, 15) is 23.1 Å². The molecule has 0 aliphatic heterocycles. The number of phenols is 1. The number of fused-ring (bicyclic) bond motifs is 1. The molecule has 0 amide bonds. The van der Waals surface area contributed by atoms with Crippen molar-refractivity contribution < 1.29 is 42.4 Å².